The van der Waals surface area contributed by atoms with Crippen LogP contribution in [0.25, 0.3) is 0 Å². The quantitative estimate of drug-likeness (QED) is 0.706. The van der Waals surface area contributed by atoms with Crippen LogP contribution in [-0.2, 0) is 14.3 Å². The van der Waals surface area contributed by atoms with E-state index in [1.54, 1.807) is 0 Å². The van der Waals surface area contributed by atoms with Crippen molar-refractivity contribution in [2.45, 2.75) is 77.9 Å². The van der Waals surface area contributed by atoms with Gasteiger partial charge in [-0.05, 0) is 19.3 Å². The monoisotopic (exact) mass is 270 g/mol. The number of unbranched alkanes of at least 4 members (excludes halogenated alkanes) is 2. The van der Waals surface area contributed by atoms with Crippen molar-refractivity contribution in [1.29, 1.82) is 0 Å². The average molecular weight is 270 g/mol. The van der Waals surface area contributed by atoms with Gasteiger partial charge in [0.05, 0.1) is 19.1 Å². The van der Waals surface area contributed by atoms with E-state index in [0.29, 0.717) is 25.4 Å². The second-order valence-corrected chi connectivity index (χ2v) is 5.23. The Kier molecular flexibility index (Phi) is 7.62. The lowest BCUT2D eigenvalue weighted by Crippen LogP contribution is -2.44. The standard InChI is InChI=1S/C14H24O3.C2H6/c1-2-3-6-9-14(16-10-11-17-14)12-7-4-5-8-13(12)15;1-2/h12H,2-11H2,1H3;1-2H3. The van der Waals surface area contributed by atoms with Crippen molar-refractivity contribution in [2.75, 3.05) is 13.2 Å². The minimum Gasteiger partial charge on any atom is -0.347 e. The molecule has 1 atom stereocenters. The van der Waals surface area contributed by atoms with Crippen LogP contribution in [0.5, 0.6) is 0 Å². The summed E-state index contributed by atoms with van der Waals surface area (Å²) < 4.78 is 11.7. The molecule has 0 aromatic carbocycles. The molecule has 112 valence electrons. The van der Waals surface area contributed by atoms with Crippen molar-refractivity contribution in [3.8, 4) is 0 Å². The molecular weight excluding hydrogens is 240 g/mol. The van der Waals surface area contributed by atoms with E-state index < -0.39 is 5.79 Å². The van der Waals surface area contributed by atoms with Gasteiger partial charge >= 0.3 is 0 Å². The van der Waals surface area contributed by atoms with E-state index in [9.17, 15) is 4.79 Å². The van der Waals surface area contributed by atoms with E-state index in [1.165, 1.54) is 12.8 Å². The average Bonchev–Trinajstić information content (AvgIpc) is 2.92. The van der Waals surface area contributed by atoms with E-state index in [0.717, 1.165) is 32.1 Å². The molecule has 1 saturated carbocycles. The zero-order chi connectivity index (χ0) is 14.1. The summed E-state index contributed by atoms with van der Waals surface area (Å²) in [6, 6.07) is 0. The summed E-state index contributed by atoms with van der Waals surface area (Å²) in [6.45, 7) is 7.49. The van der Waals surface area contributed by atoms with Gasteiger partial charge in [-0.15, -0.1) is 0 Å². The van der Waals surface area contributed by atoms with Gasteiger partial charge in [-0.1, -0.05) is 40.0 Å². The van der Waals surface area contributed by atoms with Gasteiger partial charge in [0.2, 0.25) is 0 Å². The number of ether oxygens (including phenoxy) is 2. The van der Waals surface area contributed by atoms with Crippen LogP contribution in [0.4, 0.5) is 0 Å². The number of carbonyl (C=O) groups excluding carboxylic acids is 1. The molecule has 0 N–H and O–H groups in total. The van der Waals surface area contributed by atoms with Crippen molar-refractivity contribution < 1.29 is 14.3 Å². The van der Waals surface area contributed by atoms with E-state index >= 15 is 0 Å². The van der Waals surface area contributed by atoms with Gasteiger partial charge in [0.25, 0.3) is 0 Å². The lowest BCUT2D eigenvalue weighted by atomic mass is 9.80. The minimum absolute atomic E-state index is 0.00407. The second-order valence-electron chi connectivity index (χ2n) is 5.23. The lowest BCUT2D eigenvalue weighted by Gasteiger charge is -2.36. The Morgan fingerprint density at radius 1 is 1.16 bits per heavy atom. The fraction of sp³-hybridized carbons (Fsp3) is 0.938. The summed E-state index contributed by atoms with van der Waals surface area (Å²) >= 11 is 0. The molecule has 2 fully saturated rings. The van der Waals surface area contributed by atoms with Crippen LogP contribution in [0.2, 0.25) is 0 Å². The number of rotatable bonds is 5. The third-order valence-electron chi connectivity index (χ3n) is 3.99. The molecular formula is C16H30O3. The van der Waals surface area contributed by atoms with Crippen LogP contribution < -0.4 is 0 Å². The lowest BCUT2D eigenvalue weighted by molar-refractivity contribution is -0.205. The van der Waals surface area contributed by atoms with Crippen LogP contribution in [0.3, 0.4) is 0 Å². The maximum Gasteiger partial charge on any atom is 0.178 e. The second kappa shape index (κ2) is 8.70. The molecule has 1 aliphatic carbocycles. The van der Waals surface area contributed by atoms with Gasteiger partial charge in [-0.25, -0.2) is 0 Å². The van der Waals surface area contributed by atoms with E-state index in [4.69, 9.17) is 9.47 Å². The van der Waals surface area contributed by atoms with Crippen molar-refractivity contribution in [3.63, 3.8) is 0 Å². The Morgan fingerprint density at radius 3 is 2.42 bits per heavy atom. The fourth-order valence-corrected chi connectivity index (χ4v) is 3.06. The molecule has 0 spiro atoms. The molecule has 2 aliphatic rings. The number of hydrogen-bond acceptors (Lipinski definition) is 3. The fourth-order valence-electron chi connectivity index (χ4n) is 3.06. The largest absolute Gasteiger partial charge is 0.347 e. The van der Waals surface area contributed by atoms with Crippen LogP contribution in [-0.4, -0.2) is 24.8 Å². The number of hydrogen-bond donors (Lipinski definition) is 0. The van der Waals surface area contributed by atoms with Gasteiger partial charge < -0.3 is 9.47 Å². The van der Waals surface area contributed by atoms with E-state index in [1.807, 2.05) is 13.8 Å². The van der Waals surface area contributed by atoms with Crippen LogP contribution >= 0.6 is 0 Å². The molecule has 0 amide bonds. The van der Waals surface area contributed by atoms with Gasteiger partial charge in [-0.3, -0.25) is 4.79 Å². The first-order valence-electron chi connectivity index (χ1n) is 8.09. The van der Waals surface area contributed by atoms with Crippen LogP contribution in [0, 0.1) is 5.92 Å². The molecule has 1 aliphatic heterocycles. The molecule has 0 aromatic rings. The highest BCUT2D eigenvalue weighted by Crippen LogP contribution is 2.39. The van der Waals surface area contributed by atoms with Crippen LogP contribution in [0.1, 0.15) is 72.1 Å². The highest BCUT2D eigenvalue weighted by molar-refractivity contribution is 5.82. The molecule has 0 radical (unpaired) electrons. The topological polar surface area (TPSA) is 35.5 Å². The molecule has 1 heterocycles. The predicted octanol–water partition coefficient (Wildman–Crippen LogP) is 4.10. The summed E-state index contributed by atoms with van der Waals surface area (Å²) in [5, 5.41) is 0. The zero-order valence-corrected chi connectivity index (χ0v) is 12.9. The first-order chi connectivity index (χ1) is 9.28. The number of ketones is 1. The normalized spacial score (nSPS) is 25.8. The van der Waals surface area contributed by atoms with Gasteiger partial charge in [0.1, 0.15) is 5.78 Å². The first kappa shape index (κ1) is 16.6. The zero-order valence-electron chi connectivity index (χ0n) is 12.9. The highest BCUT2D eigenvalue weighted by atomic mass is 16.7. The maximum absolute atomic E-state index is 12.1. The molecule has 0 aromatic heterocycles. The van der Waals surface area contributed by atoms with E-state index in [-0.39, 0.29) is 5.92 Å². The van der Waals surface area contributed by atoms with Crippen LogP contribution in [0.15, 0.2) is 0 Å². The maximum atomic E-state index is 12.1. The van der Waals surface area contributed by atoms with Crippen molar-refractivity contribution in [3.05, 3.63) is 0 Å². The minimum atomic E-state index is -0.563. The summed E-state index contributed by atoms with van der Waals surface area (Å²) in [5.41, 5.74) is 0. The molecule has 19 heavy (non-hydrogen) atoms. The molecule has 2 rings (SSSR count). The summed E-state index contributed by atoms with van der Waals surface area (Å²) in [6.07, 6.45) is 8.21. The molecule has 1 saturated heterocycles. The first-order valence-corrected chi connectivity index (χ1v) is 8.09. The van der Waals surface area contributed by atoms with Gasteiger partial charge in [0.15, 0.2) is 5.79 Å². The highest BCUT2D eigenvalue weighted by Gasteiger charge is 2.47. The van der Waals surface area contributed by atoms with Crippen molar-refractivity contribution in [1.82, 2.24) is 0 Å². The van der Waals surface area contributed by atoms with E-state index in [2.05, 4.69) is 6.92 Å². The van der Waals surface area contributed by atoms with Gasteiger partial charge in [0, 0.05) is 12.8 Å². The SMILES string of the molecule is CC.CCCCCC1(C2CCCCC2=O)OCCO1. The summed E-state index contributed by atoms with van der Waals surface area (Å²) in [7, 11) is 0. The Labute approximate surface area is 118 Å². The predicted molar refractivity (Wildman–Crippen MR) is 77.1 cm³/mol. The van der Waals surface area contributed by atoms with Gasteiger partial charge in [-0.2, -0.15) is 0 Å². The summed E-state index contributed by atoms with van der Waals surface area (Å²) in [5.74, 6) is -0.211. The molecule has 3 heteroatoms. The molecule has 1 unspecified atom stereocenters. The third kappa shape index (κ3) is 4.28. The number of Topliss-reactive ketones (excluding diaryl/α,β-unsaturated/α-hetero) is 1. The Bertz CT molecular complexity index is 257. The Hall–Kier alpha value is -0.410. The third-order valence-corrected chi connectivity index (χ3v) is 3.99. The van der Waals surface area contributed by atoms with Crippen molar-refractivity contribution >= 4 is 5.78 Å². The van der Waals surface area contributed by atoms with Crippen molar-refractivity contribution in [2.24, 2.45) is 5.92 Å². The Balaban J connectivity index is 0.000000861. The molecule has 0 bridgehead atoms. The smallest absolute Gasteiger partial charge is 0.178 e. The summed E-state index contributed by atoms with van der Waals surface area (Å²) in [4.78, 5) is 12.1. The number of carbonyl (C=O) groups is 1. The Morgan fingerprint density at radius 2 is 1.84 bits per heavy atom. The molecule has 3 nitrogen and oxygen atoms in total.